The van der Waals surface area contributed by atoms with E-state index < -0.39 is 10.3 Å². The third kappa shape index (κ3) is 4.41. The summed E-state index contributed by atoms with van der Waals surface area (Å²) in [4.78, 5) is 17.9. The summed E-state index contributed by atoms with van der Waals surface area (Å²) in [5.74, 6) is 3.05. The van der Waals surface area contributed by atoms with Gasteiger partial charge in [-0.2, -0.15) is 0 Å². The molecule has 0 aliphatic heterocycles. The van der Waals surface area contributed by atoms with Crippen molar-refractivity contribution in [3.05, 3.63) is 90.0 Å². The molecular formula is C35H42O2S. The fraction of sp³-hybridized carbons (Fsp3) is 0.457. The summed E-state index contributed by atoms with van der Waals surface area (Å²) < 4.78 is 7.13. The van der Waals surface area contributed by atoms with Crippen molar-refractivity contribution in [1.29, 1.82) is 0 Å². The number of carbonyl (C=O) groups excluding carboxylic acids is 1. The van der Waals surface area contributed by atoms with E-state index in [0.717, 1.165) is 33.9 Å². The van der Waals surface area contributed by atoms with Crippen LogP contribution < -0.4 is 0 Å². The summed E-state index contributed by atoms with van der Waals surface area (Å²) in [6.07, 6.45) is 6.99. The Labute approximate surface area is 230 Å². The molecule has 38 heavy (non-hydrogen) atoms. The van der Waals surface area contributed by atoms with Crippen molar-refractivity contribution in [3.8, 4) is 0 Å². The monoisotopic (exact) mass is 526 g/mol. The van der Waals surface area contributed by atoms with Crippen LogP contribution in [0.3, 0.4) is 0 Å². The van der Waals surface area contributed by atoms with E-state index in [0.29, 0.717) is 29.6 Å². The molecule has 0 saturated heterocycles. The van der Waals surface area contributed by atoms with Crippen molar-refractivity contribution >= 4 is 16.3 Å². The number of benzene rings is 3. The fourth-order valence-corrected chi connectivity index (χ4v) is 10.9. The lowest BCUT2D eigenvalue weighted by molar-refractivity contribution is -0.160. The lowest BCUT2D eigenvalue weighted by atomic mass is 9.49. The molecule has 3 aromatic carbocycles. The molecule has 4 bridgehead atoms. The quantitative estimate of drug-likeness (QED) is 0.306. The Morgan fingerprint density at radius 3 is 1.45 bits per heavy atom. The van der Waals surface area contributed by atoms with Gasteiger partial charge in [-0.1, -0.05) is 70.2 Å². The van der Waals surface area contributed by atoms with Gasteiger partial charge in [0.2, 0.25) is 0 Å². The number of hydrogen-bond donors (Lipinski definition) is 0. The summed E-state index contributed by atoms with van der Waals surface area (Å²) >= 11 is 0. The van der Waals surface area contributed by atoms with Crippen LogP contribution in [0.1, 0.15) is 89.2 Å². The van der Waals surface area contributed by atoms with E-state index in [4.69, 9.17) is 4.18 Å². The smallest absolute Gasteiger partial charge is 0.323 e. The molecule has 0 amide bonds. The van der Waals surface area contributed by atoms with Crippen LogP contribution in [0, 0.1) is 23.2 Å². The van der Waals surface area contributed by atoms with E-state index in [9.17, 15) is 4.79 Å². The topological polar surface area (TPSA) is 26.3 Å². The maximum absolute atomic E-state index is 14.6. The first-order valence-corrected chi connectivity index (χ1v) is 16.2. The Balaban J connectivity index is 1.50. The molecule has 0 aromatic heterocycles. The normalized spacial score (nSPS) is 26.6. The molecule has 0 heterocycles. The molecular weight excluding hydrogens is 484 g/mol. The van der Waals surface area contributed by atoms with Crippen LogP contribution in [0.2, 0.25) is 0 Å². The largest absolute Gasteiger partial charge is 0.402 e. The lowest BCUT2D eigenvalue weighted by Gasteiger charge is -2.56. The van der Waals surface area contributed by atoms with Crippen LogP contribution in [0.25, 0.3) is 0 Å². The van der Waals surface area contributed by atoms with Crippen LogP contribution in [0.5, 0.6) is 0 Å². The van der Waals surface area contributed by atoms with Crippen molar-refractivity contribution in [1.82, 2.24) is 0 Å². The SMILES string of the molecule is CC(C)c1ccc(S(OC(=O)C23CC4CC(CC(C4)C2)C3)(c2ccccc2)c2ccc(C(C)C)cc2)cc1. The molecule has 3 heteroatoms. The van der Waals surface area contributed by atoms with Crippen LogP contribution in [0.15, 0.2) is 93.5 Å². The van der Waals surface area contributed by atoms with Crippen LogP contribution >= 0.6 is 10.3 Å². The summed E-state index contributed by atoms with van der Waals surface area (Å²) in [6, 6.07) is 28.3. The minimum Gasteiger partial charge on any atom is -0.402 e. The number of carbonyl (C=O) groups is 1. The van der Waals surface area contributed by atoms with Crippen molar-refractivity contribution < 1.29 is 8.98 Å². The Kier molecular flexibility index (Phi) is 6.71. The van der Waals surface area contributed by atoms with E-state index in [-0.39, 0.29) is 11.4 Å². The number of hydrogen-bond acceptors (Lipinski definition) is 2. The molecule has 0 radical (unpaired) electrons. The predicted molar refractivity (Wildman–Crippen MR) is 157 cm³/mol. The van der Waals surface area contributed by atoms with Crippen LogP contribution in [-0.4, -0.2) is 5.97 Å². The summed E-state index contributed by atoms with van der Waals surface area (Å²) in [7, 11) is -2.26. The molecule has 7 rings (SSSR count). The van der Waals surface area contributed by atoms with Gasteiger partial charge in [-0.15, -0.1) is 0 Å². The average Bonchev–Trinajstić information content (AvgIpc) is 2.91. The highest BCUT2D eigenvalue weighted by Crippen LogP contribution is 2.71. The number of rotatable bonds is 7. The summed E-state index contributed by atoms with van der Waals surface area (Å²) in [5, 5.41) is 0. The molecule has 4 saturated carbocycles. The molecule has 4 aliphatic rings. The molecule has 0 unspecified atom stereocenters. The van der Waals surface area contributed by atoms with Crippen LogP contribution in [0.4, 0.5) is 0 Å². The first-order valence-electron chi connectivity index (χ1n) is 14.6. The van der Waals surface area contributed by atoms with Crippen LogP contribution in [-0.2, 0) is 8.98 Å². The zero-order valence-corrected chi connectivity index (χ0v) is 24.2. The van der Waals surface area contributed by atoms with Gasteiger partial charge in [-0.05, 0) is 126 Å². The summed E-state index contributed by atoms with van der Waals surface area (Å²) in [6.45, 7) is 8.90. The highest BCUT2D eigenvalue weighted by Gasteiger charge is 2.57. The standard InChI is InChI=1S/C35H42O2S/c1-24(2)29-10-14-32(15-11-29)38(31-8-6-5-7-9-31,33-16-12-30(13-17-33)25(3)4)37-34(36)35-21-26-18-27(22-35)20-28(19-26)23-35/h5-17,24-28H,18-23H2,1-4H3. The third-order valence-electron chi connectivity index (χ3n) is 9.50. The van der Waals surface area contributed by atoms with E-state index in [1.807, 2.05) is 0 Å². The predicted octanol–water partition coefficient (Wildman–Crippen LogP) is 9.89. The first-order chi connectivity index (χ1) is 18.3. The molecule has 200 valence electrons. The van der Waals surface area contributed by atoms with Crippen molar-refractivity contribution in [2.75, 3.05) is 0 Å². The van der Waals surface area contributed by atoms with Gasteiger partial charge >= 0.3 is 5.97 Å². The highest BCUT2D eigenvalue weighted by molar-refractivity contribution is 8.30. The average molecular weight is 527 g/mol. The Morgan fingerprint density at radius 1 is 0.658 bits per heavy atom. The zero-order chi connectivity index (χ0) is 26.5. The van der Waals surface area contributed by atoms with E-state index in [1.54, 1.807) is 0 Å². The maximum atomic E-state index is 14.6. The molecule has 3 aromatic rings. The van der Waals surface area contributed by atoms with E-state index in [2.05, 4.69) is 107 Å². The van der Waals surface area contributed by atoms with E-state index in [1.165, 1.54) is 30.4 Å². The van der Waals surface area contributed by atoms with Gasteiger partial charge < -0.3 is 4.18 Å². The minimum absolute atomic E-state index is 0.0522. The van der Waals surface area contributed by atoms with Gasteiger partial charge in [-0.3, -0.25) is 4.79 Å². The molecule has 4 fully saturated rings. The van der Waals surface area contributed by atoms with Gasteiger partial charge in [0.25, 0.3) is 0 Å². The Bertz CT molecular complexity index is 1190. The molecule has 0 spiro atoms. The highest BCUT2D eigenvalue weighted by atomic mass is 32.3. The van der Waals surface area contributed by atoms with Gasteiger partial charge in [-0.25, -0.2) is 0 Å². The summed E-state index contributed by atoms with van der Waals surface area (Å²) in [5.41, 5.74) is 2.30. The molecule has 0 N–H and O–H groups in total. The molecule has 4 aliphatic carbocycles. The third-order valence-corrected chi connectivity index (χ3v) is 12.7. The Hall–Kier alpha value is -2.52. The second kappa shape index (κ2) is 9.90. The van der Waals surface area contributed by atoms with Gasteiger partial charge in [0.1, 0.15) is 0 Å². The first kappa shape index (κ1) is 25.7. The van der Waals surface area contributed by atoms with Gasteiger partial charge in [0.05, 0.1) is 5.41 Å². The van der Waals surface area contributed by atoms with E-state index >= 15 is 0 Å². The second-order valence-electron chi connectivity index (χ2n) is 12.9. The van der Waals surface area contributed by atoms with Gasteiger partial charge in [0, 0.05) is 14.7 Å². The zero-order valence-electron chi connectivity index (χ0n) is 23.4. The molecule has 2 nitrogen and oxygen atoms in total. The van der Waals surface area contributed by atoms with Gasteiger partial charge in [0.15, 0.2) is 0 Å². The minimum atomic E-state index is -2.26. The van der Waals surface area contributed by atoms with Crippen molar-refractivity contribution in [3.63, 3.8) is 0 Å². The maximum Gasteiger partial charge on any atom is 0.323 e. The Morgan fingerprint density at radius 2 is 1.05 bits per heavy atom. The lowest BCUT2D eigenvalue weighted by Crippen LogP contribution is -2.50. The second-order valence-corrected chi connectivity index (χ2v) is 15.6. The van der Waals surface area contributed by atoms with Crippen molar-refractivity contribution in [2.45, 2.75) is 92.7 Å². The van der Waals surface area contributed by atoms with Crippen molar-refractivity contribution in [2.24, 2.45) is 23.2 Å². The molecule has 0 atom stereocenters. The fourth-order valence-electron chi connectivity index (χ4n) is 7.82.